The van der Waals surface area contributed by atoms with E-state index in [0.717, 1.165) is 16.7 Å². The second kappa shape index (κ2) is 11.2. The lowest BCUT2D eigenvalue weighted by molar-refractivity contribution is -0.173. The Hall–Kier alpha value is -3.34. The number of nitrogens with zero attached hydrogens (tertiary/aromatic N) is 2. The maximum Gasteiger partial charge on any atom is 0.404 e. The predicted octanol–water partition coefficient (Wildman–Crippen LogP) is 5.82. The molecule has 0 aliphatic carbocycles. The van der Waals surface area contributed by atoms with Gasteiger partial charge in [-0.1, -0.05) is 54.1 Å². The number of hydrogen-bond acceptors (Lipinski definition) is 4. The summed E-state index contributed by atoms with van der Waals surface area (Å²) in [6, 6.07) is 15.3. The van der Waals surface area contributed by atoms with Crippen LogP contribution in [0.15, 0.2) is 48.5 Å². The summed E-state index contributed by atoms with van der Waals surface area (Å²) in [6.45, 7) is 5.71. The summed E-state index contributed by atoms with van der Waals surface area (Å²) in [4.78, 5) is 27.0. The van der Waals surface area contributed by atoms with E-state index in [1.165, 1.54) is 29.2 Å². The number of ether oxygens (including phenoxy) is 1. The van der Waals surface area contributed by atoms with Gasteiger partial charge < -0.3 is 9.64 Å². The lowest BCUT2D eigenvalue weighted by atomic mass is 9.64. The largest absolute Gasteiger partial charge is 0.466 e. The van der Waals surface area contributed by atoms with E-state index >= 15 is 0 Å². The number of piperidine rings is 1. The van der Waals surface area contributed by atoms with Crippen LogP contribution in [0.3, 0.4) is 0 Å². The summed E-state index contributed by atoms with van der Waals surface area (Å²) >= 11 is 0. The number of likely N-dealkylation sites (tertiary alicyclic amines) is 1. The van der Waals surface area contributed by atoms with Gasteiger partial charge in [-0.25, -0.2) is 0 Å². The third-order valence-electron chi connectivity index (χ3n) is 7.07. The van der Waals surface area contributed by atoms with Crippen molar-refractivity contribution in [1.82, 2.24) is 4.90 Å². The molecule has 1 saturated heterocycles. The van der Waals surface area contributed by atoms with Crippen LogP contribution in [0.2, 0.25) is 0 Å². The molecule has 36 heavy (non-hydrogen) atoms. The van der Waals surface area contributed by atoms with Crippen molar-refractivity contribution in [3.05, 3.63) is 70.8 Å². The number of amides is 1. The summed E-state index contributed by atoms with van der Waals surface area (Å²) in [7, 11) is 0. The maximum atomic E-state index is 14.0. The molecule has 0 saturated carbocycles. The molecule has 2 aromatic carbocycles. The van der Waals surface area contributed by atoms with E-state index in [0.29, 0.717) is 0 Å². The Balaban J connectivity index is 1.93. The van der Waals surface area contributed by atoms with E-state index in [1.54, 1.807) is 13.0 Å². The van der Waals surface area contributed by atoms with Crippen LogP contribution in [0.25, 0.3) is 0 Å². The quantitative estimate of drug-likeness (QED) is 0.449. The van der Waals surface area contributed by atoms with E-state index in [9.17, 15) is 28.0 Å². The Morgan fingerprint density at radius 2 is 1.75 bits per heavy atom. The van der Waals surface area contributed by atoms with Gasteiger partial charge >= 0.3 is 12.1 Å². The van der Waals surface area contributed by atoms with Crippen LogP contribution in [0, 0.1) is 30.6 Å². The van der Waals surface area contributed by atoms with Gasteiger partial charge in [0.2, 0.25) is 5.91 Å². The molecule has 2 atom stereocenters. The molecule has 0 aromatic heterocycles. The normalized spacial score (nSPS) is 17.1. The molecular weight excluding hydrogens is 469 g/mol. The zero-order valence-electron chi connectivity index (χ0n) is 20.8. The molecule has 2 aromatic rings. The van der Waals surface area contributed by atoms with Gasteiger partial charge in [-0.2, -0.15) is 18.4 Å². The summed E-state index contributed by atoms with van der Waals surface area (Å²) < 4.78 is 47.1. The number of carbonyl (C=O) groups excluding carboxylic acids is 2. The van der Waals surface area contributed by atoms with Gasteiger partial charge in [0.1, 0.15) is 0 Å². The van der Waals surface area contributed by atoms with E-state index in [1.807, 2.05) is 32.0 Å². The number of esters is 1. The zero-order chi connectivity index (χ0) is 26.5. The molecule has 1 aliphatic rings. The molecule has 0 spiro atoms. The number of carbonyl (C=O) groups is 2. The molecule has 1 aliphatic heterocycles. The highest BCUT2D eigenvalue weighted by Crippen LogP contribution is 2.49. The molecule has 0 bridgehead atoms. The van der Waals surface area contributed by atoms with Crippen molar-refractivity contribution in [1.29, 1.82) is 5.26 Å². The smallest absolute Gasteiger partial charge is 0.404 e. The standard InChI is InChI=1S/C28H31F3N2O3/c1-4-36-24(34)17-27(23(18-32)22-16-19(2)10-11-20(22)3)12-14-33(15-13-27)26(35)25(28(29,30)31)21-8-6-5-7-9-21/h5-11,16,23,25H,4,12-15,17H2,1-3H3. The van der Waals surface area contributed by atoms with Gasteiger partial charge in [-0.05, 0) is 50.3 Å². The van der Waals surface area contributed by atoms with Crippen LogP contribution < -0.4 is 0 Å². The highest BCUT2D eigenvalue weighted by molar-refractivity contribution is 5.85. The minimum Gasteiger partial charge on any atom is -0.466 e. The van der Waals surface area contributed by atoms with Crippen LogP contribution in [0.4, 0.5) is 13.2 Å². The molecule has 0 radical (unpaired) electrons. The Morgan fingerprint density at radius 1 is 1.11 bits per heavy atom. The minimum absolute atomic E-state index is 0.0146. The molecular formula is C28H31F3N2O3. The van der Waals surface area contributed by atoms with Crippen molar-refractivity contribution in [3.8, 4) is 6.07 Å². The predicted molar refractivity (Wildman–Crippen MR) is 129 cm³/mol. The first-order chi connectivity index (χ1) is 17.0. The van der Waals surface area contributed by atoms with Crippen LogP contribution in [0.1, 0.15) is 60.3 Å². The zero-order valence-corrected chi connectivity index (χ0v) is 20.8. The Morgan fingerprint density at radius 3 is 2.31 bits per heavy atom. The van der Waals surface area contributed by atoms with E-state index in [4.69, 9.17) is 4.74 Å². The van der Waals surface area contributed by atoms with Crippen molar-refractivity contribution < 1.29 is 27.5 Å². The second-order valence-corrected chi connectivity index (χ2v) is 9.48. The van der Waals surface area contributed by atoms with Crippen LogP contribution in [0.5, 0.6) is 0 Å². The number of hydrogen-bond donors (Lipinski definition) is 0. The first kappa shape index (κ1) is 27.3. The van der Waals surface area contributed by atoms with Gasteiger partial charge in [-0.3, -0.25) is 9.59 Å². The number of rotatable bonds is 7. The number of benzene rings is 2. The molecule has 0 N–H and O–H groups in total. The lowest BCUT2D eigenvalue weighted by Gasteiger charge is -2.45. The third-order valence-corrected chi connectivity index (χ3v) is 7.07. The average molecular weight is 501 g/mol. The fourth-order valence-corrected chi connectivity index (χ4v) is 5.15. The fraction of sp³-hybridized carbons (Fsp3) is 0.464. The number of halogens is 3. The average Bonchev–Trinajstić information content (AvgIpc) is 2.82. The Bertz CT molecular complexity index is 1120. The summed E-state index contributed by atoms with van der Waals surface area (Å²) in [5.41, 5.74) is 1.68. The van der Waals surface area contributed by atoms with E-state index in [2.05, 4.69) is 6.07 Å². The van der Waals surface area contributed by atoms with E-state index in [-0.39, 0.29) is 44.5 Å². The third kappa shape index (κ3) is 5.89. The first-order valence-corrected chi connectivity index (χ1v) is 12.0. The van der Waals surface area contributed by atoms with Crippen LogP contribution >= 0.6 is 0 Å². The molecule has 2 unspecified atom stereocenters. The van der Waals surface area contributed by atoms with Gasteiger partial charge in [0, 0.05) is 18.5 Å². The second-order valence-electron chi connectivity index (χ2n) is 9.48. The highest BCUT2D eigenvalue weighted by atomic mass is 19.4. The first-order valence-electron chi connectivity index (χ1n) is 12.0. The maximum absolute atomic E-state index is 14.0. The molecule has 3 rings (SSSR count). The molecule has 8 heteroatoms. The number of nitriles is 1. The van der Waals surface area contributed by atoms with Crippen molar-refractivity contribution in [2.24, 2.45) is 5.41 Å². The molecule has 192 valence electrons. The topological polar surface area (TPSA) is 70.4 Å². The van der Waals surface area contributed by atoms with Gasteiger partial charge in [-0.15, -0.1) is 0 Å². The van der Waals surface area contributed by atoms with Gasteiger partial charge in [0.05, 0.1) is 25.0 Å². The molecule has 5 nitrogen and oxygen atoms in total. The monoisotopic (exact) mass is 500 g/mol. The summed E-state index contributed by atoms with van der Waals surface area (Å²) in [5.74, 6) is -4.41. The lowest BCUT2D eigenvalue weighted by Crippen LogP contribution is -2.49. The SMILES string of the molecule is CCOC(=O)CC1(C(C#N)c2cc(C)ccc2C)CCN(C(=O)C(c2ccccc2)C(F)(F)F)CC1. The van der Waals surface area contributed by atoms with Crippen molar-refractivity contribution in [2.45, 2.75) is 58.0 Å². The molecule has 1 fully saturated rings. The Kier molecular flexibility index (Phi) is 8.44. The van der Waals surface area contributed by atoms with Gasteiger partial charge in [0.15, 0.2) is 5.92 Å². The molecule has 1 amide bonds. The van der Waals surface area contributed by atoms with Crippen molar-refractivity contribution >= 4 is 11.9 Å². The summed E-state index contributed by atoms with van der Waals surface area (Å²) in [5, 5.41) is 10.2. The van der Waals surface area contributed by atoms with Crippen LogP contribution in [-0.4, -0.2) is 42.6 Å². The number of alkyl halides is 3. The highest BCUT2D eigenvalue weighted by Gasteiger charge is 2.50. The summed E-state index contributed by atoms with van der Waals surface area (Å²) in [6.07, 6.45) is -4.37. The molecule has 1 heterocycles. The number of aryl methyl sites for hydroxylation is 2. The van der Waals surface area contributed by atoms with Crippen molar-refractivity contribution in [2.75, 3.05) is 19.7 Å². The van der Waals surface area contributed by atoms with Crippen LogP contribution in [-0.2, 0) is 14.3 Å². The van der Waals surface area contributed by atoms with Crippen molar-refractivity contribution in [3.63, 3.8) is 0 Å². The Labute approximate surface area is 209 Å². The fourth-order valence-electron chi connectivity index (χ4n) is 5.15. The minimum atomic E-state index is -4.74. The van der Waals surface area contributed by atoms with E-state index < -0.39 is 35.3 Å². The van der Waals surface area contributed by atoms with Gasteiger partial charge in [0.25, 0.3) is 0 Å².